The summed E-state index contributed by atoms with van der Waals surface area (Å²) in [4.78, 5) is 26.1. The number of nitrogens with two attached hydrogens (primary N) is 1. The van der Waals surface area contributed by atoms with Gasteiger partial charge in [-0.1, -0.05) is 18.2 Å². The minimum absolute atomic E-state index is 0.0137. The molecule has 0 aliphatic carbocycles. The van der Waals surface area contributed by atoms with Gasteiger partial charge in [-0.3, -0.25) is 9.09 Å². The van der Waals surface area contributed by atoms with Crippen molar-refractivity contribution in [1.82, 2.24) is 14.6 Å². The molecule has 1 fully saturated rings. The number of hydrogen-bond acceptors (Lipinski definition) is 8. The fraction of sp³-hybridized carbons (Fsp3) is 0.353. The van der Waals surface area contributed by atoms with E-state index in [4.69, 9.17) is 19.5 Å². The van der Waals surface area contributed by atoms with Crippen molar-refractivity contribution in [2.45, 2.75) is 24.9 Å². The van der Waals surface area contributed by atoms with Gasteiger partial charge in [-0.2, -0.15) is 4.98 Å². The van der Waals surface area contributed by atoms with Crippen LogP contribution in [0, 0.1) is 0 Å². The maximum atomic E-state index is 14.4. The number of nitrogens with zero attached hydrogens (tertiary/aromatic N) is 2. The van der Waals surface area contributed by atoms with Crippen molar-refractivity contribution in [3.8, 4) is 5.75 Å². The Kier molecular flexibility index (Phi) is 6.75. The Labute approximate surface area is 165 Å². The van der Waals surface area contributed by atoms with Crippen molar-refractivity contribution in [2.75, 3.05) is 18.9 Å². The van der Waals surface area contributed by atoms with E-state index in [0.29, 0.717) is 6.29 Å². The highest BCUT2D eigenvalue weighted by Crippen LogP contribution is 2.45. The Morgan fingerprint density at radius 3 is 2.83 bits per heavy atom. The van der Waals surface area contributed by atoms with Crippen molar-refractivity contribution >= 4 is 19.9 Å². The smallest absolute Gasteiger partial charge is 0.413 e. The molecule has 12 heteroatoms. The van der Waals surface area contributed by atoms with E-state index in [2.05, 4.69) is 10.1 Å². The zero-order valence-corrected chi connectivity index (χ0v) is 16.1. The van der Waals surface area contributed by atoms with Gasteiger partial charge < -0.3 is 19.8 Å². The van der Waals surface area contributed by atoms with Gasteiger partial charge >= 0.3 is 13.4 Å². The van der Waals surface area contributed by atoms with Gasteiger partial charge in [0.1, 0.15) is 24.0 Å². The van der Waals surface area contributed by atoms with Gasteiger partial charge in [0.2, 0.25) is 0 Å². The SMILES string of the molecule is Nc1ccn(C2OC(COP(=O)(NCC=O)Oc3ccccc3)CC2F)c(=O)n1. The highest BCUT2D eigenvalue weighted by Gasteiger charge is 2.39. The second-order valence-electron chi connectivity index (χ2n) is 6.17. The third kappa shape index (κ3) is 5.48. The lowest BCUT2D eigenvalue weighted by molar-refractivity contribution is -0.107. The van der Waals surface area contributed by atoms with E-state index in [1.807, 2.05) is 0 Å². The van der Waals surface area contributed by atoms with E-state index >= 15 is 0 Å². The number of nitrogen functional groups attached to an aromatic ring is 1. The summed E-state index contributed by atoms with van der Waals surface area (Å²) >= 11 is 0. The zero-order valence-electron chi connectivity index (χ0n) is 15.2. The highest BCUT2D eigenvalue weighted by molar-refractivity contribution is 7.52. The number of aromatic nitrogens is 2. The predicted molar refractivity (Wildman–Crippen MR) is 101 cm³/mol. The number of alkyl halides is 1. The van der Waals surface area contributed by atoms with Gasteiger partial charge in [0.05, 0.1) is 19.3 Å². The molecule has 2 aromatic rings. The summed E-state index contributed by atoms with van der Waals surface area (Å²) in [7, 11) is -3.92. The van der Waals surface area contributed by atoms with Gasteiger partial charge in [0, 0.05) is 12.6 Å². The van der Waals surface area contributed by atoms with E-state index in [1.54, 1.807) is 30.3 Å². The van der Waals surface area contributed by atoms with E-state index in [0.717, 1.165) is 4.57 Å². The van der Waals surface area contributed by atoms with Crippen molar-refractivity contribution in [3.63, 3.8) is 0 Å². The van der Waals surface area contributed by atoms with Crippen LogP contribution in [0.3, 0.4) is 0 Å². The van der Waals surface area contributed by atoms with E-state index in [-0.39, 0.29) is 31.1 Å². The van der Waals surface area contributed by atoms with Crippen LogP contribution in [0.1, 0.15) is 12.6 Å². The summed E-state index contributed by atoms with van der Waals surface area (Å²) < 4.78 is 44.5. The minimum Gasteiger partial charge on any atom is -0.413 e. The quantitative estimate of drug-likeness (QED) is 0.451. The number of aldehydes is 1. The molecule has 3 N–H and O–H groups in total. The van der Waals surface area contributed by atoms with E-state index in [1.165, 1.54) is 12.3 Å². The van der Waals surface area contributed by atoms with Crippen molar-refractivity contribution < 1.29 is 27.5 Å². The summed E-state index contributed by atoms with van der Waals surface area (Å²) in [5.41, 5.74) is 4.69. The van der Waals surface area contributed by atoms with Crippen LogP contribution in [-0.4, -0.2) is 41.3 Å². The topological polar surface area (TPSA) is 135 Å². The van der Waals surface area contributed by atoms with Gasteiger partial charge in [0.25, 0.3) is 0 Å². The molecule has 0 radical (unpaired) electrons. The van der Waals surface area contributed by atoms with Gasteiger partial charge in [-0.15, -0.1) is 0 Å². The molecule has 4 unspecified atom stereocenters. The first kappa shape index (κ1) is 21.1. The fourth-order valence-corrected chi connectivity index (χ4v) is 4.00. The van der Waals surface area contributed by atoms with Crippen LogP contribution in [-0.2, 0) is 18.6 Å². The Morgan fingerprint density at radius 2 is 2.14 bits per heavy atom. The summed E-state index contributed by atoms with van der Waals surface area (Å²) in [6.07, 6.45) is -1.82. The number of rotatable bonds is 9. The number of anilines is 1. The Bertz CT molecular complexity index is 943. The lowest BCUT2D eigenvalue weighted by atomic mass is 10.2. The average molecular weight is 426 g/mol. The summed E-state index contributed by atoms with van der Waals surface area (Å²) in [6.45, 7) is -0.555. The molecule has 1 aliphatic heterocycles. The van der Waals surface area contributed by atoms with Crippen molar-refractivity contribution in [3.05, 3.63) is 53.1 Å². The Balaban J connectivity index is 1.65. The molecule has 1 saturated heterocycles. The average Bonchev–Trinajstić information content (AvgIpc) is 3.06. The van der Waals surface area contributed by atoms with Crippen LogP contribution in [0.4, 0.5) is 10.2 Å². The largest absolute Gasteiger partial charge is 0.459 e. The first-order valence-corrected chi connectivity index (χ1v) is 10.3. The third-order valence-electron chi connectivity index (χ3n) is 4.02. The second kappa shape index (κ2) is 9.27. The minimum atomic E-state index is -3.92. The molecule has 0 amide bonds. The highest BCUT2D eigenvalue weighted by atomic mass is 31.2. The zero-order chi connectivity index (χ0) is 20.9. The molecule has 29 heavy (non-hydrogen) atoms. The first-order chi connectivity index (χ1) is 13.9. The number of carbonyl (C=O) groups is 1. The number of nitrogens with one attached hydrogen (secondary N) is 1. The molecule has 2 heterocycles. The fourth-order valence-electron chi connectivity index (χ4n) is 2.73. The van der Waals surface area contributed by atoms with Crippen LogP contribution in [0.5, 0.6) is 5.75 Å². The normalized spacial score (nSPS) is 23.4. The molecular weight excluding hydrogens is 406 g/mol. The van der Waals surface area contributed by atoms with E-state index in [9.17, 15) is 18.5 Å². The van der Waals surface area contributed by atoms with Gasteiger partial charge in [-0.05, 0) is 18.2 Å². The van der Waals surface area contributed by atoms with Gasteiger partial charge in [-0.25, -0.2) is 18.8 Å². The van der Waals surface area contributed by atoms with Crippen LogP contribution in [0.25, 0.3) is 0 Å². The maximum absolute atomic E-state index is 14.4. The third-order valence-corrected chi connectivity index (χ3v) is 5.53. The molecule has 1 aromatic carbocycles. The lowest BCUT2D eigenvalue weighted by Gasteiger charge is -2.21. The monoisotopic (exact) mass is 426 g/mol. The molecule has 0 spiro atoms. The van der Waals surface area contributed by atoms with Crippen LogP contribution >= 0.6 is 7.75 Å². The number of ether oxygens (including phenoxy) is 1. The molecule has 156 valence electrons. The molecule has 1 aliphatic rings. The standard InChI is InChI=1S/C17H20FN4O6P/c18-14-10-13(27-16(14)22-8-6-15(19)21-17(22)24)11-26-29(25,20-7-9-23)28-12-4-2-1-3-5-12/h1-6,8-9,13-14,16H,7,10-11H2,(H,20,25)(H2,19,21,24). The molecule has 3 rings (SSSR count). The lowest BCUT2D eigenvalue weighted by Crippen LogP contribution is -2.30. The van der Waals surface area contributed by atoms with Crippen LogP contribution < -0.4 is 21.0 Å². The Hall–Kier alpha value is -2.59. The summed E-state index contributed by atoms with van der Waals surface area (Å²) in [6, 6.07) is 9.59. The molecule has 4 atom stereocenters. The molecule has 10 nitrogen and oxygen atoms in total. The molecule has 1 aromatic heterocycles. The van der Waals surface area contributed by atoms with Crippen LogP contribution in [0.2, 0.25) is 0 Å². The van der Waals surface area contributed by atoms with Crippen molar-refractivity contribution in [1.29, 1.82) is 0 Å². The molecule has 0 saturated carbocycles. The number of para-hydroxylation sites is 1. The number of carbonyl (C=O) groups excluding carboxylic acids is 1. The first-order valence-electron chi connectivity index (χ1n) is 8.72. The summed E-state index contributed by atoms with van der Waals surface area (Å²) in [5, 5.41) is 2.40. The van der Waals surface area contributed by atoms with E-state index < -0.39 is 31.9 Å². The number of halogens is 1. The van der Waals surface area contributed by atoms with Crippen molar-refractivity contribution in [2.24, 2.45) is 0 Å². The second-order valence-corrected chi connectivity index (χ2v) is 7.92. The number of hydrogen-bond donors (Lipinski definition) is 2. The number of benzene rings is 1. The van der Waals surface area contributed by atoms with Gasteiger partial charge in [0.15, 0.2) is 6.23 Å². The maximum Gasteiger partial charge on any atom is 0.459 e. The Morgan fingerprint density at radius 1 is 1.38 bits per heavy atom. The molecular formula is C17H20FN4O6P. The predicted octanol–water partition coefficient (Wildman–Crippen LogP) is 1.44. The molecule has 0 bridgehead atoms. The summed E-state index contributed by atoms with van der Waals surface area (Å²) in [5.74, 6) is 0.280. The van der Waals surface area contributed by atoms with Crippen LogP contribution in [0.15, 0.2) is 47.4 Å².